The van der Waals surface area contributed by atoms with Crippen LogP contribution < -0.4 is 19.7 Å². The zero-order valence-corrected chi connectivity index (χ0v) is 22.2. The highest BCUT2D eigenvalue weighted by atomic mass is 35.5. The lowest BCUT2D eigenvalue weighted by molar-refractivity contribution is -0.118. The van der Waals surface area contributed by atoms with Crippen LogP contribution in [0.3, 0.4) is 0 Å². The van der Waals surface area contributed by atoms with Crippen molar-refractivity contribution in [2.75, 3.05) is 23.9 Å². The van der Waals surface area contributed by atoms with Gasteiger partial charge in [-0.2, -0.15) is 0 Å². The number of carbonyl (C=O) groups excluding carboxylic acids is 2. The number of anilines is 2. The second-order valence-electron chi connectivity index (χ2n) is 8.01. The monoisotopic (exact) mass is 538 g/mol. The molecule has 184 valence electrons. The van der Waals surface area contributed by atoms with E-state index in [9.17, 15) is 9.59 Å². The van der Waals surface area contributed by atoms with E-state index >= 15 is 0 Å². The first kappa shape index (κ1) is 25.8. The van der Waals surface area contributed by atoms with E-state index < -0.39 is 0 Å². The molecular weight excluding hydrogens is 516 g/mol. The molecule has 1 N–H and O–H groups in total. The van der Waals surface area contributed by atoms with Gasteiger partial charge in [0.2, 0.25) is 0 Å². The Morgan fingerprint density at radius 3 is 2.44 bits per heavy atom. The molecule has 0 saturated carbocycles. The van der Waals surface area contributed by atoms with E-state index in [0.29, 0.717) is 31.4 Å². The molecule has 1 heterocycles. The van der Waals surface area contributed by atoms with Gasteiger partial charge in [-0.1, -0.05) is 59.8 Å². The van der Waals surface area contributed by atoms with E-state index in [-0.39, 0.29) is 18.4 Å². The van der Waals surface area contributed by atoms with Gasteiger partial charge in [0.15, 0.2) is 22.4 Å². The Hall–Kier alpha value is -3.33. The molecule has 0 radical (unpaired) electrons. The minimum atomic E-state index is -0.274. The Bertz CT molecular complexity index is 1350. The van der Waals surface area contributed by atoms with Crippen LogP contribution in [0.25, 0.3) is 6.08 Å². The van der Waals surface area contributed by atoms with Crippen molar-refractivity contribution in [2.24, 2.45) is 0 Å². The van der Waals surface area contributed by atoms with Crippen LogP contribution in [-0.4, -0.2) is 29.9 Å². The van der Waals surface area contributed by atoms with Crippen LogP contribution in [-0.2, 0) is 9.59 Å². The first-order valence-electron chi connectivity index (χ1n) is 11.0. The number of hydrogen-bond donors (Lipinski definition) is 1. The van der Waals surface area contributed by atoms with Crippen LogP contribution >= 0.6 is 35.6 Å². The van der Waals surface area contributed by atoms with Crippen molar-refractivity contribution in [2.45, 2.75) is 13.8 Å². The summed E-state index contributed by atoms with van der Waals surface area (Å²) < 4.78 is 11.6. The van der Waals surface area contributed by atoms with E-state index in [1.807, 2.05) is 32.0 Å². The average molecular weight is 539 g/mol. The van der Waals surface area contributed by atoms with Crippen LogP contribution in [0.1, 0.15) is 16.7 Å². The SMILES string of the molecule is COc1cc(/C=C2\SC(=S)N(c3ccc(Cl)cc3)C2=O)ccc1OCC(=O)Nc1c(C)cccc1C. The Balaban J connectivity index is 1.46. The molecule has 9 heteroatoms. The van der Waals surface area contributed by atoms with E-state index in [2.05, 4.69) is 5.32 Å². The van der Waals surface area contributed by atoms with Crippen LogP contribution in [0.2, 0.25) is 5.02 Å². The minimum absolute atomic E-state index is 0.177. The van der Waals surface area contributed by atoms with Crippen LogP contribution in [0.5, 0.6) is 11.5 Å². The fraction of sp³-hybridized carbons (Fsp3) is 0.148. The minimum Gasteiger partial charge on any atom is -0.493 e. The fourth-order valence-electron chi connectivity index (χ4n) is 3.66. The molecule has 1 saturated heterocycles. The Labute approximate surface area is 224 Å². The summed E-state index contributed by atoms with van der Waals surface area (Å²) >= 11 is 12.6. The number of nitrogens with one attached hydrogen (secondary N) is 1. The van der Waals surface area contributed by atoms with E-state index in [0.717, 1.165) is 22.4 Å². The second-order valence-corrected chi connectivity index (χ2v) is 10.1. The van der Waals surface area contributed by atoms with Crippen molar-refractivity contribution >= 4 is 69.2 Å². The van der Waals surface area contributed by atoms with Gasteiger partial charge in [0.25, 0.3) is 11.8 Å². The van der Waals surface area contributed by atoms with E-state index in [1.54, 1.807) is 48.5 Å². The number of benzene rings is 3. The molecule has 0 atom stereocenters. The third kappa shape index (κ3) is 5.73. The Kier molecular flexibility index (Phi) is 7.98. The molecule has 4 rings (SSSR count). The van der Waals surface area contributed by atoms with E-state index in [1.165, 1.54) is 23.8 Å². The largest absolute Gasteiger partial charge is 0.493 e. The molecule has 0 bridgehead atoms. The molecule has 1 aliphatic rings. The molecular formula is C27H23ClN2O4S2. The van der Waals surface area contributed by atoms with Crippen molar-refractivity contribution in [3.05, 3.63) is 87.3 Å². The van der Waals surface area contributed by atoms with Gasteiger partial charge in [-0.25, -0.2) is 0 Å². The van der Waals surface area contributed by atoms with Crippen molar-refractivity contribution in [3.8, 4) is 11.5 Å². The topological polar surface area (TPSA) is 67.9 Å². The standard InChI is InChI=1S/C27H23ClN2O4S2/c1-16-5-4-6-17(2)25(16)29-24(31)15-34-21-12-7-18(13-22(21)33-3)14-23-26(32)30(27(35)36-23)20-10-8-19(28)9-11-20/h4-14H,15H2,1-3H3,(H,29,31)/b23-14-. The van der Waals surface area contributed by atoms with Gasteiger partial charge < -0.3 is 14.8 Å². The van der Waals surface area contributed by atoms with Crippen molar-refractivity contribution < 1.29 is 19.1 Å². The smallest absolute Gasteiger partial charge is 0.270 e. The molecule has 0 spiro atoms. The van der Waals surface area contributed by atoms with Gasteiger partial charge in [-0.15, -0.1) is 0 Å². The maximum absolute atomic E-state index is 13.0. The zero-order valence-electron chi connectivity index (χ0n) is 19.8. The molecule has 2 amide bonds. The van der Waals surface area contributed by atoms with Gasteiger partial charge in [0.1, 0.15) is 0 Å². The van der Waals surface area contributed by atoms with Crippen molar-refractivity contribution in [1.29, 1.82) is 0 Å². The number of rotatable bonds is 7. The third-order valence-corrected chi connectivity index (χ3v) is 7.02. The first-order chi connectivity index (χ1) is 17.3. The average Bonchev–Trinajstić information content (AvgIpc) is 3.13. The van der Waals surface area contributed by atoms with Crippen LogP contribution in [0.15, 0.2) is 65.6 Å². The molecule has 6 nitrogen and oxygen atoms in total. The molecule has 36 heavy (non-hydrogen) atoms. The summed E-state index contributed by atoms with van der Waals surface area (Å²) in [5.41, 5.74) is 4.13. The summed E-state index contributed by atoms with van der Waals surface area (Å²) in [5.74, 6) is 0.371. The number of para-hydroxylation sites is 1. The number of aryl methyl sites for hydroxylation is 2. The molecule has 0 aromatic heterocycles. The number of amides is 2. The summed E-state index contributed by atoms with van der Waals surface area (Å²) in [5, 5.41) is 3.48. The number of thiocarbonyl (C=S) groups is 1. The number of methoxy groups -OCH3 is 1. The lowest BCUT2D eigenvalue weighted by Crippen LogP contribution is -2.27. The molecule has 1 aliphatic heterocycles. The molecule has 1 fully saturated rings. The van der Waals surface area contributed by atoms with Gasteiger partial charge in [-0.3, -0.25) is 14.5 Å². The lowest BCUT2D eigenvalue weighted by atomic mass is 10.1. The third-order valence-electron chi connectivity index (χ3n) is 5.47. The highest BCUT2D eigenvalue weighted by Gasteiger charge is 2.33. The quantitative estimate of drug-likeness (QED) is 0.278. The number of nitrogens with zero attached hydrogens (tertiary/aromatic N) is 1. The van der Waals surface area contributed by atoms with Gasteiger partial charge in [0, 0.05) is 10.7 Å². The molecule has 3 aromatic rings. The highest BCUT2D eigenvalue weighted by Crippen LogP contribution is 2.37. The normalized spacial score (nSPS) is 14.3. The summed E-state index contributed by atoms with van der Waals surface area (Å²) in [6.07, 6.45) is 1.75. The number of ether oxygens (including phenoxy) is 2. The summed E-state index contributed by atoms with van der Waals surface area (Å²) in [6, 6.07) is 18.0. The van der Waals surface area contributed by atoms with Gasteiger partial charge in [-0.05, 0) is 73.0 Å². The number of hydrogen-bond acceptors (Lipinski definition) is 6. The Morgan fingerprint density at radius 2 is 1.78 bits per heavy atom. The fourth-order valence-corrected chi connectivity index (χ4v) is 5.08. The van der Waals surface area contributed by atoms with Crippen LogP contribution in [0, 0.1) is 13.8 Å². The predicted octanol–water partition coefficient (Wildman–Crippen LogP) is 6.39. The molecule has 0 aliphatic carbocycles. The van der Waals surface area contributed by atoms with E-state index in [4.69, 9.17) is 33.3 Å². The maximum Gasteiger partial charge on any atom is 0.270 e. The Morgan fingerprint density at radius 1 is 1.08 bits per heavy atom. The number of halogens is 1. The predicted molar refractivity (Wildman–Crippen MR) is 150 cm³/mol. The maximum atomic E-state index is 13.0. The zero-order chi connectivity index (χ0) is 25.8. The molecule has 0 unspecified atom stereocenters. The number of carbonyl (C=O) groups is 2. The van der Waals surface area contributed by atoms with Crippen molar-refractivity contribution in [3.63, 3.8) is 0 Å². The second kappa shape index (κ2) is 11.2. The highest BCUT2D eigenvalue weighted by molar-refractivity contribution is 8.27. The van der Waals surface area contributed by atoms with Gasteiger partial charge in [0.05, 0.1) is 17.7 Å². The summed E-state index contributed by atoms with van der Waals surface area (Å²) in [7, 11) is 1.52. The summed E-state index contributed by atoms with van der Waals surface area (Å²) in [4.78, 5) is 27.5. The number of thioether (sulfide) groups is 1. The summed E-state index contributed by atoms with van der Waals surface area (Å²) in [6.45, 7) is 3.70. The van der Waals surface area contributed by atoms with Gasteiger partial charge >= 0.3 is 0 Å². The lowest BCUT2D eigenvalue weighted by Gasteiger charge is -2.14. The first-order valence-corrected chi connectivity index (χ1v) is 12.6. The van der Waals surface area contributed by atoms with Crippen molar-refractivity contribution in [1.82, 2.24) is 0 Å². The van der Waals surface area contributed by atoms with Crippen LogP contribution in [0.4, 0.5) is 11.4 Å². The molecule has 3 aromatic carbocycles.